The number of amides is 1. The van der Waals surface area contributed by atoms with E-state index in [1.165, 1.54) is 41.3 Å². The summed E-state index contributed by atoms with van der Waals surface area (Å²) in [6.45, 7) is 1.67. The first-order chi connectivity index (χ1) is 10.7. The van der Waals surface area contributed by atoms with Gasteiger partial charge in [0.05, 0.1) is 10.6 Å². The summed E-state index contributed by atoms with van der Waals surface area (Å²) in [6.07, 6.45) is 0. The van der Waals surface area contributed by atoms with Gasteiger partial charge in [0.15, 0.2) is 0 Å². The zero-order valence-electron chi connectivity index (χ0n) is 13.0. The minimum absolute atomic E-state index is 0.0612. The van der Waals surface area contributed by atoms with Crippen LogP contribution in [0.3, 0.4) is 0 Å². The van der Waals surface area contributed by atoms with Crippen LogP contribution in [0.25, 0.3) is 0 Å². The summed E-state index contributed by atoms with van der Waals surface area (Å²) in [5.41, 5.74) is 1.01. The van der Waals surface area contributed by atoms with Gasteiger partial charge in [0.2, 0.25) is 0 Å². The third-order valence-electron chi connectivity index (χ3n) is 3.24. The molecule has 23 heavy (non-hydrogen) atoms. The highest BCUT2D eigenvalue weighted by molar-refractivity contribution is 7.92. The Morgan fingerprint density at radius 1 is 1.13 bits per heavy atom. The van der Waals surface area contributed by atoms with Gasteiger partial charge in [-0.1, -0.05) is 12.1 Å². The Morgan fingerprint density at radius 3 is 2.48 bits per heavy atom. The first-order valence-corrected chi connectivity index (χ1v) is 8.30. The van der Waals surface area contributed by atoms with Gasteiger partial charge in [-0.3, -0.25) is 9.52 Å². The summed E-state index contributed by atoms with van der Waals surface area (Å²) in [5, 5.41) is 0. The molecule has 0 fully saturated rings. The second-order valence-electron chi connectivity index (χ2n) is 5.29. The van der Waals surface area contributed by atoms with Crippen molar-refractivity contribution in [1.82, 2.24) is 4.90 Å². The topological polar surface area (TPSA) is 66.5 Å². The first-order valence-electron chi connectivity index (χ1n) is 6.81. The van der Waals surface area contributed by atoms with Gasteiger partial charge in [-0.15, -0.1) is 0 Å². The van der Waals surface area contributed by atoms with Gasteiger partial charge < -0.3 is 4.90 Å². The van der Waals surface area contributed by atoms with Crippen LogP contribution in [0.15, 0.2) is 47.4 Å². The fourth-order valence-corrected chi connectivity index (χ4v) is 3.13. The largest absolute Gasteiger partial charge is 0.345 e. The molecule has 0 aromatic heterocycles. The minimum atomic E-state index is -3.92. The predicted octanol–water partition coefficient (Wildman–Crippen LogP) is 2.64. The molecule has 2 aromatic carbocycles. The van der Waals surface area contributed by atoms with E-state index in [2.05, 4.69) is 4.72 Å². The van der Waals surface area contributed by atoms with Gasteiger partial charge in [-0.2, -0.15) is 0 Å². The zero-order chi connectivity index (χ0) is 17.2. The summed E-state index contributed by atoms with van der Waals surface area (Å²) >= 11 is 0. The Bertz CT molecular complexity index is 848. The van der Waals surface area contributed by atoms with Gasteiger partial charge in [0, 0.05) is 19.7 Å². The van der Waals surface area contributed by atoms with Crippen LogP contribution in [-0.2, 0) is 10.0 Å². The second kappa shape index (κ2) is 6.37. The van der Waals surface area contributed by atoms with E-state index in [1.807, 2.05) is 0 Å². The van der Waals surface area contributed by atoms with E-state index in [0.29, 0.717) is 5.56 Å². The maximum atomic E-state index is 13.3. The highest BCUT2D eigenvalue weighted by Crippen LogP contribution is 2.21. The lowest BCUT2D eigenvalue weighted by atomic mass is 10.2. The average Bonchev–Trinajstić information content (AvgIpc) is 2.50. The molecule has 7 heteroatoms. The molecule has 5 nitrogen and oxygen atoms in total. The molecule has 1 amide bonds. The van der Waals surface area contributed by atoms with Crippen molar-refractivity contribution in [3.05, 3.63) is 59.4 Å². The van der Waals surface area contributed by atoms with Crippen molar-refractivity contribution in [3.63, 3.8) is 0 Å². The molecule has 0 saturated carbocycles. The quantitative estimate of drug-likeness (QED) is 0.933. The summed E-state index contributed by atoms with van der Waals surface area (Å²) in [4.78, 5) is 13.2. The van der Waals surface area contributed by atoms with Crippen molar-refractivity contribution < 1.29 is 17.6 Å². The van der Waals surface area contributed by atoms with Crippen LogP contribution < -0.4 is 4.72 Å². The fourth-order valence-electron chi connectivity index (χ4n) is 1.96. The van der Waals surface area contributed by atoms with Gasteiger partial charge >= 0.3 is 0 Å². The molecule has 2 aromatic rings. The Hall–Kier alpha value is -2.41. The Labute approximate surface area is 134 Å². The monoisotopic (exact) mass is 336 g/mol. The van der Waals surface area contributed by atoms with Crippen LogP contribution >= 0.6 is 0 Å². The SMILES string of the molecule is Cc1ccc(F)cc1NS(=O)(=O)c1cccc(C(=O)N(C)C)c1. The number of carbonyl (C=O) groups excluding carboxylic acids is 1. The standard InChI is InChI=1S/C16H17FN2O3S/c1-11-7-8-13(17)10-15(11)18-23(21,22)14-6-4-5-12(9-14)16(20)19(2)3/h4-10,18H,1-3H3. The Morgan fingerprint density at radius 2 is 1.83 bits per heavy atom. The van der Waals surface area contributed by atoms with E-state index in [-0.39, 0.29) is 22.1 Å². The normalized spacial score (nSPS) is 11.1. The molecule has 0 atom stereocenters. The molecular weight excluding hydrogens is 319 g/mol. The van der Waals surface area contributed by atoms with E-state index in [0.717, 1.165) is 6.07 Å². The molecule has 0 heterocycles. The number of carbonyl (C=O) groups is 1. The molecule has 0 spiro atoms. The number of sulfonamides is 1. The molecule has 0 saturated heterocycles. The highest BCUT2D eigenvalue weighted by atomic mass is 32.2. The highest BCUT2D eigenvalue weighted by Gasteiger charge is 2.18. The smallest absolute Gasteiger partial charge is 0.261 e. The number of hydrogen-bond acceptors (Lipinski definition) is 3. The van der Waals surface area contributed by atoms with Crippen molar-refractivity contribution in [1.29, 1.82) is 0 Å². The van der Waals surface area contributed by atoms with Crippen molar-refractivity contribution in [2.45, 2.75) is 11.8 Å². The molecule has 2 rings (SSSR count). The van der Waals surface area contributed by atoms with E-state index >= 15 is 0 Å². The number of halogens is 1. The van der Waals surface area contributed by atoms with Crippen molar-refractivity contribution in [3.8, 4) is 0 Å². The van der Waals surface area contributed by atoms with E-state index < -0.39 is 15.8 Å². The number of nitrogens with one attached hydrogen (secondary N) is 1. The molecule has 0 aliphatic rings. The predicted molar refractivity (Wildman–Crippen MR) is 86.4 cm³/mol. The van der Waals surface area contributed by atoms with Gasteiger partial charge in [0.25, 0.3) is 15.9 Å². The molecule has 0 aliphatic heterocycles. The Kier molecular flexibility index (Phi) is 4.70. The maximum Gasteiger partial charge on any atom is 0.261 e. The lowest BCUT2D eigenvalue weighted by Crippen LogP contribution is -2.22. The summed E-state index contributed by atoms with van der Waals surface area (Å²) in [7, 11) is -0.759. The zero-order valence-corrected chi connectivity index (χ0v) is 13.8. The van der Waals surface area contributed by atoms with Gasteiger partial charge in [-0.05, 0) is 42.8 Å². The minimum Gasteiger partial charge on any atom is -0.345 e. The number of rotatable bonds is 4. The second-order valence-corrected chi connectivity index (χ2v) is 6.97. The average molecular weight is 336 g/mol. The van der Waals surface area contributed by atoms with Crippen LogP contribution in [0.2, 0.25) is 0 Å². The van der Waals surface area contributed by atoms with Crippen molar-refractivity contribution in [2.75, 3.05) is 18.8 Å². The number of hydrogen-bond donors (Lipinski definition) is 1. The van der Waals surface area contributed by atoms with Crippen LogP contribution in [0, 0.1) is 12.7 Å². The summed E-state index contributed by atoms with van der Waals surface area (Å²) in [5.74, 6) is -0.839. The first kappa shape index (κ1) is 17.0. The van der Waals surface area contributed by atoms with E-state index in [4.69, 9.17) is 0 Å². The molecule has 122 valence electrons. The van der Waals surface area contributed by atoms with Gasteiger partial charge in [-0.25, -0.2) is 12.8 Å². The van der Waals surface area contributed by atoms with E-state index in [1.54, 1.807) is 21.0 Å². The number of benzene rings is 2. The maximum absolute atomic E-state index is 13.3. The van der Waals surface area contributed by atoms with Crippen LogP contribution in [0.4, 0.5) is 10.1 Å². The van der Waals surface area contributed by atoms with Crippen LogP contribution in [0.1, 0.15) is 15.9 Å². The lowest BCUT2D eigenvalue weighted by molar-refractivity contribution is 0.0827. The number of nitrogens with zero attached hydrogens (tertiary/aromatic N) is 1. The summed E-state index contributed by atoms with van der Waals surface area (Å²) < 4.78 is 40.5. The van der Waals surface area contributed by atoms with Crippen LogP contribution in [-0.4, -0.2) is 33.3 Å². The molecule has 0 unspecified atom stereocenters. The number of anilines is 1. The molecule has 0 aliphatic carbocycles. The fraction of sp³-hybridized carbons (Fsp3) is 0.188. The molecule has 1 N–H and O–H groups in total. The van der Waals surface area contributed by atoms with Crippen LogP contribution in [0.5, 0.6) is 0 Å². The van der Waals surface area contributed by atoms with Crippen molar-refractivity contribution >= 4 is 21.6 Å². The Balaban J connectivity index is 2.38. The summed E-state index contributed by atoms with van der Waals surface area (Å²) in [6, 6.07) is 9.55. The molecule has 0 radical (unpaired) electrons. The lowest BCUT2D eigenvalue weighted by Gasteiger charge is -2.13. The van der Waals surface area contributed by atoms with Crippen molar-refractivity contribution in [2.24, 2.45) is 0 Å². The third-order valence-corrected chi connectivity index (χ3v) is 4.60. The molecule has 0 bridgehead atoms. The third kappa shape index (κ3) is 3.87. The van der Waals surface area contributed by atoms with Gasteiger partial charge in [0.1, 0.15) is 5.82 Å². The molecular formula is C16H17FN2O3S. The van der Waals surface area contributed by atoms with E-state index in [9.17, 15) is 17.6 Å². The number of aryl methyl sites for hydroxylation is 1.